The number of benzene rings is 1. The highest BCUT2D eigenvalue weighted by Gasteiger charge is 2.24. The van der Waals surface area contributed by atoms with E-state index in [1.807, 2.05) is 19.1 Å². The highest BCUT2D eigenvalue weighted by atomic mass is 16.2. The number of fused-ring (bicyclic) bond motifs is 1. The van der Waals surface area contributed by atoms with Gasteiger partial charge in [-0.3, -0.25) is 9.59 Å². The monoisotopic (exact) mass is 226 g/mol. The van der Waals surface area contributed by atoms with Crippen LogP contribution in [0.5, 0.6) is 0 Å². The molecule has 4 heteroatoms. The molecule has 0 atom stereocenters. The number of hydrazone groups is 1. The summed E-state index contributed by atoms with van der Waals surface area (Å²) >= 11 is 0. The van der Waals surface area contributed by atoms with E-state index in [0.29, 0.717) is 17.7 Å². The van der Waals surface area contributed by atoms with Crippen molar-refractivity contribution in [2.75, 3.05) is 5.01 Å². The van der Waals surface area contributed by atoms with Crippen LogP contribution in [0.4, 0.5) is 5.69 Å². The fourth-order valence-corrected chi connectivity index (χ4v) is 2.05. The quantitative estimate of drug-likeness (QED) is 0.735. The maximum atomic E-state index is 11.7. The Morgan fingerprint density at radius 1 is 1.24 bits per heavy atom. The van der Waals surface area contributed by atoms with E-state index in [-0.39, 0.29) is 11.7 Å². The second-order valence-electron chi connectivity index (χ2n) is 4.19. The van der Waals surface area contributed by atoms with E-state index in [1.165, 1.54) is 11.1 Å². The Balaban J connectivity index is 2.04. The molecule has 84 valence electrons. The molecule has 0 unspecified atom stereocenters. The Morgan fingerprint density at radius 2 is 2.06 bits per heavy atom. The van der Waals surface area contributed by atoms with E-state index in [4.69, 9.17) is 0 Å². The van der Waals surface area contributed by atoms with Crippen LogP contribution >= 0.6 is 0 Å². The molecular weight excluding hydrogens is 216 g/mol. The lowest BCUT2D eigenvalue weighted by atomic mass is 10.1. The SMILES string of the molecule is CC1=NN(c2ccc3c(c2)C(=O)C=C3)C(=O)C1. The molecule has 0 bridgehead atoms. The minimum Gasteiger partial charge on any atom is -0.289 e. The summed E-state index contributed by atoms with van der Waals surface area (Å²) in [7, 11) is 0. The van der Waals surface area contributed by atoms with Crippen molar-refractivity contribution < 1.29 is 9.59 Å². The number of carbonyl (C=O) groups is 2. The zero-order valence-corrected chi connectivity index (χ0v) is 9.30. The van der Waals surface area contributed by atoms with Crippen molar-refractivity contribution in [3.05, 3.63) is 35.4 Å². The van der Waals surface area contributed by atoms with E-state index in [0.717, 1.165) is 11.3 Å². The van der Waals surface area contributed by atoms with Gasteiger partial charge in [-0.25, -0.2) is 5.01 Å². The molecule has 1 aromatic carbocycles. The number of rotatable bonds is 1. The van der Waals surface area contributed by atoms with E-state index < -0.39 is 0 Å². The summed E-state index contributed by atoms with van der Waals surface area (Å²) in [6, 6.07) is 5.36. The summed E-state index contributed by atoms with van der Waals surface area (Å²) in [5.74, 6) is -0.0740. The maximum Gasteiger partial charge on any atom is 0.253 e. The highest BCUT2D eigenvalue weighted by molar-refractivity contribution is 6.16. The summed E-state index contributed by atoms with van der Waals surface area (Å²) in [6.07, 6.45) is 3.67. The van der Waals surface area contributed by atoms with Crippen LogP contribution < -0.4 is 5.01 Å². The van der Waals surface area contributed by atoms with Crippen molar-refractivity contribution in [1.82, 2.24) is 0 Å². The number of ketones is 1. The van der Waals surface area contributed by atoms with Gasteiger partial charge < -0.3 is 0 Å². The molecule has 17 heavy (non-hydrogen) atoms. The van der Waals surface area contributed by atoms with Gasteiger partial charge in [0.1, 0.15) is 0 Å². The van der Waals surface area contributed by atoms with Crippen molar-refractivity contribution >= 4 is 29.2 Å². The molecular formula is C13H10N2O2. The van der Waals surface area contributed by atoms with Crippen LogP contribution in [-0.2, 0) is 4.79 Å². The van der Waals surface area contributed by atoms with Crippen LogP contribution in [0.3, 0.4) is 0 Å². The molecule has 1 aliphatic carbocycles. The van der Waals surface area contributed by atoms with Crippen molar-refractivity contribution in [3.8, 4) is 0 Å². The Labute approximate surface area is 98.2 Å². The van der Waals surface area contributed by atoms with Gasteiger partial charge in [0.2, 0.25) is 0 Å². The third kappa shape index (κ3) is 1.49. The summed E-state index contributed by atoms with van der Waals surface area (Å²) in [6.45, 7) is 1.82. The lowest BCUT2D eigenvalue weighted by Crippen LogP contribution is -2.19. The van der Waals surface area contributed by atoms with Gasteiger partial charge in [0.25, 0.3) is 5.91 Å². The lowest BCUT2D eigenvalue weighted by molar-refractivity contribution is -0.116. The molecule has 1 aromatic rings. The minimum absolute atomic E-state index is 0.0193. The van der Waals surface area contributed by atoms with E-state index >= 15 is 0 Å². The van der Waals surface area contributed by atoms with E-state index in [2.05, 4.69) is 5.10 Å². The third-order valence-electron chi connectivity index (χ3n) is 2.88. The lowest BCUT2D eigenvalue weighted by Gasteiger charge is -2.12. The number of carbonyl (C=O) groups excluding carboxylic acids is 2. The van der Waals surface area contributed by atoms with Crippen molar-refractivity contribution in [2.45, 2.75) is 13.3 Å². The summed E-state index contributed by atoms with van der Waals surface area (Å²) < 4.78 is 0. The molecule has 0 radical (unpaired) electrons. The molecule has 0 spiro atoms. The molecule has 1 aliphatic heterocycles. The van der Waals surface area contributed by atoms with Crippen LogP contribution in [0.15, 0.2) is 29.4 Å². The van der Waals surface area contributed by atoms with Crippen molar-refractivity contribution in [2.24, 2.45) is 5.10 Å². The summed E-state index contributed by atoms with van der Waals surface area (Å²) in [4.78, 5) is 23.2. The van der Waals surface area contributed by atoms with Gasteiger partial charge in [-0.1, -0.05) is 12.1 Å². The fourth-order valence-electron chi connectivity index (χ4n) is 2.05. The Hall–Kier alpha value is -2.23. The van der Waals surface area contributed by atoms with Crippen LogP contribution in [0, 0.1) is 0 Å². The zero-order chi connectivity index (χ0) is 12.0. The largest absolute Gasteiger partial charge is 0.289 e. The molecule has 2 aliphatic rings. The van der Waals surface area contributed by atoms with Gasteiger partial charge in [0.05, 0.1) is 12.1 Å². The van der Waals surface area contributed by atoms with Gasteiger partial charge in [0.15, 0.2) is 5.78 Å². The molecule has 1 heterocycles. The molecule has 3 rings (SSSR count). The number of amides is 1. The first-order valence-corrected chi connectivity index (χ1v) is 5.38. The molecule has 0 saturated carbocycles. The first-order valence-electron chi connectivity index (χ1n) is 5.38. The van der Waals surface area contributed by atoms with Gasteiger partial charge in [-0.15, -0.1) is 0 Å². The smallest absolute Gasteiger partial charge is 0.253 e. The predicted octanol–water partition coefficient (Wildman–Crippen LogP) is 2.01. The number of allylic oxidation sites excluding steroid dienone is 1. The van der Waals surface area contributed by atoms with Crippen LogP contribution in [0.1, 0.15) is 29.3 Å². The van der Waals surface area contributed by atoms with Crippen LogP contribution in [-0.4, -0.2) is 17.4 Å². The number of nitrogens with zero attached hydrogens (tertiary/aromatic N) is 2. The maximum absolute atomic E-state index is 11.7. The Kier molecular flexibility index (Phi) is 1.98. The van der Waals surface area contributed by atoms with Crippen molar-refractivity contribution in [3.63, 3.8) is 0 Å². The molecule has 0 saturated heterocycles. The Morgan fingerprint density at radius 3 is 2.76 bits per heavy atom. The van der Waals surface area contributed by atoms with Crippen LogP contribution in [0.2, 0.25) is 0 Å². The normalized spacial score (nSPS) is 17.7. The second-order valence-corrected chi connectivity index (χ2v) is 4.19. The highest BCUT2D eigenvalue weighted by Crippen LogP contribution is 2.27. The molecule has 4 nitrogen and oxygen atoms in total. The van der Waals surface area contributed by atoms with Gasteiger partial charge in [0, 0.05) is 11.3 Å². The van der Waals surface area contributed by atoms with Gasteiger partial charge in [-0.05, 0) is 30.7 Å². The summed E-state index contributed by atoms with van der Waals surface area (Å²) in [5, 5.41) is 5.52. The van der Waals surface area contributed by atoms with E-state index in [9.17, 15) is 9.59 Å². The molecule has 0 aromatic heterocycles. The van der Waals surface area contributed by atoms with Gasteiger partial charge in [-0.2, -0.15) is 5.10 Å². The first-order chi connectivity index (χ1) is 8.15. The average Bonchev–Trinajstić information content (AvgIpc) is 2.83. The zero-order valence-electron chi connectivity index (χ0n) is 9.30. The van der Waals surface area contributed by atoms with Gasteiger partial charge >= 0.3 is 0 Å². The standard InChI is InChI=1S/C13H10N2O2/c1-8-6-13(17)15(14-8)10-4-2-9-3-5-12(16)11(9)7-10/h2-5,7H,6H2,1H3. The third-order valence-corrected chi connectivity index (χ3v) is 2.88. The molecule has 0 fully saturated rings. The molecule has 1 amide bonds. The minimum atomic E-state index is -0.0548. The fraction of sp³-hybridized carbons (Fsp3) is 0.154. The second kappa shape index (κ2) is 3.38. The number of hydrogen-bond acceptors (Lipinski definition) is 3. The molecule has 0 N–H and O–H groups in total. The number of anilines is 1. The predicted molar refractivity (Wildman–Crippen MR) is 65.0 cm³/mol. The first kappa shape index (κ1) is 9.96. The van der Waals surface area contributed by atoms with Crippen molar-refractivity contribution in [1.29, 1.82) is 0 Å². The summed E-state index contributed by atoms with van der Waals surface area (Å²) in [5.41, 5.74) is 2.98. The Bertz CT molecular complexity index is 599. The number of hydrogen-bond donors (Lipinski definition) is 0. The average molecular weight is 226 g/mol. The van der Waals surface area contributed by atoms with E-state index in [1.54, 1.807) is 12.1 Å². The topological polar surface area (TPSA) is 49.7 Å². The van der Waals surface area contributed by atoms with Crippen LogP contribution in [0.25, 0.3) is 6.08 Å².